The fourth-order valence-corrected chi connectivity index (χ4v) is 1.33. The Balaban J connectivity index is 2.26. The van der Waals surface area contributed by atoms with E-state index < -0.39 is 10.8 Å². The maximum Gasteiger partial charge on any atom is 0.291 e. The van der Waals surface area contributed by atoms with Crippen molar-refractivity contribution in [3.8, 4) is 5.75 Å². The molecule has 2 N–H and O–H groups in total. The molecule has 0 fully saturated rings. The number of benzene rings is 1. The zero-order valence-corrected chi connectivity index (χ0v) is 8.99. The summed E-state index contributed by atoms with van der Waals surface area (Å²) in [6.45, 7) is 0. The van der Waals surface area contributed by atoms with Crippen molar-refractivity contribution in [2.24, 2.45) is 0 Å². The smallest absolute Gasteiger partial charge is 0.291 e. The van der Waals surface area contributed by atoms with Gasteiger partial charge < -0.3 is 14.8 Å². The maximum absolute atomic E-state index is 11.6. The summed E-state index contributed by atoms with van der Waals surface area (Å²) in [6.07, 6.45) is 1.32. The number of phenolic OH excluding ortho intramolecular Hbond substituents is 1. The number of anilines is 1. The van der Waals surface area contributed by atoms with Crippen LogP contribution in [0.15, 0.2) is 41.0 Å². The van der Waals surface area contributed by atoms with Gasteiger partial charge in [0.2, 0.25) is 0 Å². The molecule has 0 radical (unpaired) electrons. The summed E-state index contributed by atoms with van der Waals surface area (Å²) in [7, 11) is 0. The van der Waals surface area contributed by atoms with E-state index in [1.165, 1.54) is 18.4 Å². The second kappa shape index (κ2) is 4.58. The number of nitrogens with zero attached hydrogens (tertiary/aromatic N) is 1. The first kappa shape index (κ1) is 11.6. The number of nitro benzene ring substituents is 1. The molecule has 92 valence electrons. The predicted molar refractivity (Wildman–Crippen MR) is 61.4 cm³/mol. The Labute approximate surface area is 101 Å². The van der Waals surface area contributed by atoms with E-state index in [0.29, 0.717) is 0 Å². The van der Waals surface area contributed by atoms with Gasteiger partial charge in [-0.1, -0.05) is 0 Å². The lowest BCUT2D eigenvalue weighted by Crippen LogP contribution is -2.11. The van der Waals surface area contributed by atoms with Crippen molar-refractivity contribution in [2.45, 2.75) is 0 Å². The summed E-state index contributed by atoms with van der Waals surface area (Å²) in [5.74, 6) is -0.822. The van der Waals surface area contributed by atoms with Gasteiger partial charge in [-0.3, -0.25) is 14.9 Å². The number of non-ortho nitro benzene ring substituents is 1. The predicted octanol–water partition coefficient (Wildman–Crippen LogP) is 2.15. The largest absolute Gasteiger partial charge is 0.506 e. The van der Waals surface area contributed by atoms with E-state index >= 15 is 0 Å². The first-order valence-electron chi connectivity index (χ1n) is 4.90. The number of carbonyl (C=O) groups excluding carboxylic acids is 1. The number of rotatable bonds is 3. The number of nitro groups is 1. The minimum absolute atomic E-state index is 0.0425. The van der Waals surface area contributed by atoms with Crippen LogP contribution in [-0.2, 0) is 0 Å². The third-order valence-electron chi connectivity index (χ3n) is 2.18. The van der Waals surface area contributed by atoms with Crippen LogP contribution in [-0.4, -0.2) is 15.9 Å². The summed E-state index contributed by atoms with van der Waals surface area (Å²) in [6, 6.07) is 6.30. The van der Waals surface area contributed by atoms with Crippen LogP contribution in [0.1, 0.15) is 10.6 Å². The number of nitrogens with one attached hydrogen (secondary N) is 1. The van der Waals surface area contributed by atoms with E-state index in [2.05, 4.69) is 5.32 Å². The molecule has 2 rings (SSSR count). The van der Waals surface area contributed by atoms with Gasteiger partial charge in [-0.2, -0.15) is 0 Å². The van der Waals surface area contributed by atoms with E-state index in [0.717, 1.165) is 18.2 Å². The molecule has 18 heavy (non-hydrogen) atoms. The molecule has 0 atom stereocenters. The first-order chi connectivity index (χ1) is 8.58. The Morgan fingerprint density at radius 3 is 2.78 bits per heavy atom. The number of amides is 1. The van der Waals surface area contributed by atoms with Gasteiger partial charge >= 0.3 is 0 Å². The molecule has 0 unspecified atom stereocenters. The molecule has 0 bridgehead atoms. The lowest BCUT2D eigenvalue weighted by atomic mass is 10.2. The van der Waals surface area contributed by atoms with Gasteiger partial charge in [0, 0.05) is 12.1 Å². The fraction of sp³-hybridized carbons (Fsp3) is 0. The van der Waals surface area contributed by atoms with Gasteiger partial charge in [-0.25, -0.2) is 0 Å². The molecule has 0 aliphatic carbocycles. The van der Waals surface area contributed by atoms with E-state index in [1.54, 1.807) is 0 Å². The SMILES string of the molecule is O=C(Nc1cc([N+](=O)[O-])ccc1O)c1ccco1. The minimum Gasteiger partial charge on any atom is -0.506 e. The molecule has 1 aromatic heterocycles. The summed E-state index contributed by atoms with van der Waals surface area (Å²) < 4.78 is 4.86. The van der Waals surface area contributed by atoms with Gasteiger partial charge in [0.25, 0.3) is 11.6 Å². The lowest BCUT2D eigenvalue weighted by Gasteiger charge is -2.05. The van der Waals surface area contributed by atoms with Crippen molar-refractivity contribution in [1.82, 2.24) is 0 Å². The average Bonchev–Trinajstić information content (AvgIpc) is 2.85. The fourth-order valence-electron chi connectivity index (χ4n) is 1.33. The number of carbonyl (C=O) groups is 1. The van der Waals surface area contributed by atoms with Crippen LogP contribution >= 0.6 is 0 Å². The lowest BCUT2D eigenvalue weighted by molar-refractivity contribution is -0.384. The van der Waals surface area contributed by atoms with Crippen molar-refractivity contribution in [2.75, 3.05) is 5.32 Å². The maximum atomic E-state index is 11.6. The third kappa shape index (κ3) is 2.29. The Hall–Kier alpha value is -2.83. The highest BCUT2D eigenvalue weighted by molar-refractivity contribution is 6.03. The molecule has 0 aliphatic heterocycles. The Morgan fingerprint density at radius 2 is 2.17 bits per heavy atom. The summed E-state index contributed by atoms with van der Waals surface area (Å²) >= 11 is 0. The molecule has 1 aromatic carbocycles. The number of hydrogen-bond acceptors (Lipinski definition) is 5. The Kier molecular flexibility index (Phi) is 2.96. The normalized spacial score (nSPS) is 10.0. The summed E-state index contributed by atoms with van der Waals surface area (Å²) in [4.78, 5) is 21.6. The van der Waals surface area contributed by atoms with Crippen molar-refractivity contribution >= 4 is 17.3 Å². The summed E-state index contributed by atoms with van der Waals surface area (Å²) in [5, 5.41) is 22.4. The first-order valence-corrected chi connectivity index (χ1v) is 4.90. The van der Waals surface area contributed by atoms with Crippen LogP contribution in [0, 0.1) is 10.1 Å². The standard InChI is InChI=1S/C11H8N2O5/c14-9-4-3-7(13(16)17)6-8(9)12-11(15)10-2-1-5-18-10/h1-6,14H,(H,12,15). The molecule has 7 nitrogen and oxygen atoms in total. The molecule has 1 heterocycles. The molecular weight excluding hydrogens is 240 g/mol. The van der Waals surface area contributed by atoms with Crippen LogP contribution in [0.25, 0.3) is 0 Å². The van der Waals surface area contributed by atoms with Crippen molar-refractivity contribution < 1.29 is 19.2 Å². The minimum atomic E-state index is -0.623. The summed E-state index contributed by atoms with van der Waals surface area (Å²) in [5.41, 5.74) is -0.284. The van der Waals surface area contributed by atoms with Crippen molar-refractivity contribution in [3.63, 3.8) is 0 Å². The van der Waals surface area contributed by atoms with Crippen LogP contribution in [0.4, 0.5) is 11.4 Å². The number of hydrogen-bond donors (Lipinski definition) is 2. The molecule has 0 spiro atoms. The van der Waals surface area contributed by atoms with Crippen molar-refractivity contribution in [1.29, 1.82) is 0 Å². The molecule has 7 heteroatoms. The second-order valence-corrected chi connectivity index (χ2v) is 3.39. The monoisotopic (exact) mass is 248 g/mol. The van der Waals surface area contributed by atoms with Crippen LogP contribution < -0.4 is 5.32 Å². The zero-order chi connectivity index (χ0) is 13.1. The van der Waals surface area contributed by atoms with Crippen LogP contribution in [0.2, 0.25) is 0 Å². The highest BCUT2D eigenvalue weighted by Gasteiger charge is 2.14. The highest BCUT2D eigenvalue weighted by atomic mass is 16.6. The van der Waals surface area contributed by atoms with Crippen LogP contribution in [0.5, 0.6) is 5.75 Å². The molecule has 1 amide bonds. The average molecular weight is 248 g/mol. The van der Waals surface area contributed by atoms with Gasteiger partial charge in [0.15, 0.2) is 5.76 Å². The van der Waals surface area contributed by atoms with Crippen LogP contribution in [0.3, 0.4) is 0 Å². The molecular formula is C11H8N2O5. The van der Waals surface area contributed by atoms with E-state index in [1.807, 2.05) is 0 Å². The quantitative estimate of drug-likeness (QED) is 0.491. The van der Waals surface area contributed by atoms with Gasteiger partial charge in [0.1, 0.15) is 5.75 Å². The molecule has 0 saturated carbocycles. The van der Waals surface area contributed by atoms with E-state index in [4.69, 9.17) is 4.42 Å². The molecule has 0 aliphatic rings. The Morgan fingerprint density at radius 1 is 1.39 bits per heavy atom. The topological polar surface area (TPSA) is 106 Å². The number of phenols is 1. The highest BCUT2D eigenvalue weighted by Crippen LogP contribution is 2.28. The van der Waals surface area contributed by atoms with Gasteiger partial charge in [0.05, 0.1) is 16.9 Å². The number of aromatic hydroxyl groups is 1. The zero-order valence-electron chi connectivity index (χ0n) is 8.99. The second-order valence-electron chi connectivity index (χ2n) is 3.39. The Bertz CT molecular complexity index is 591. The van der Waals surface area contributed by atoms with Crippen molar-refractivity contribution in [3.05, 3.63) is 52.5 Å². The van der Waals surface area contributed by atoms with E-state index in [-0.39, 0.29) is 22.9 Å². The van der Waals surface area contributed by atoms with Gasteiger partial charge in [-0.15, -0.1) is 0 Å². The molecule has 0 saturated heterocycles. The number of furan rings is 1. The van der Waals surface area contributed by atoms with Gasteiger partial charge in [-0.05, 0) is 18.2 Å². The molecule has 2 aromatic rings. The third-order valence-corrected chi connectivity index (χ3v) is 2.18. The van der Waals surface area contributed by atoms with E-state index in [9.17, 15) is 20.0 Å².